The van der Waals surface area contributed by atoms with Crippen molar-refractivity contribution in [3.8, 4) is 0 Å². The molecule has 100 valence electrons. The van der Waals surface area contributed by atoms with Gasteiger partial charge in [-0.05, 0) is 24.6 Å². The summed E-state index contributed by atoms with van der Waals surface area (Å²) in [4.78, 5) is 11.8. The lowest BCUT2D eigenvalue weighted by atomic mass is 10.2. The van der Waals surface area contributed by atoms with Crippen LogP contribution in [0.5, 0.6) is 0 Å². The van der Waals surface area contributed by atoms with Crippen LogP contribution in [-0.4, -0.2) is 16.1 Å². The van der Waals surface area contributed by atoms with Crippen LogP contribution in [0.25, 0.3) is 0 Å². The van der Waals surface area contributed by atoms with E-state index < -0.39 is 0 Å². The predicted molar refractivity (Wildman–Crippen MR) is 72.2 cm³/mol. The van der Waals surface area contributed by atoms with Gasteiger partial charge in [0.15, 0.2) is 0 Å². The van der Waals surface area contributed by atoms with Gasteiger partial charge in [-0.3, -0.25) is 4.79 Å². The second-order valence-corrected chi connectivity index (χ2v) is 4.58. The molecule has 2 aromatic rings. The van der Waals surface area contributed by atoms with Crippen LogP contribution in [0.15, 0.2) is 22.6 Å². The van der Waals surface area contributed by atoms with E-state index in [4.69, 9.17) is 16.0 Å². The number of hydrogen-bond acceptors (Lipinski definition) is 4. The minimum absolute atomic E-state index is 0.110. The summed E-state index contributed by atoms with van der Waals surface area (Å²) >= 11 is 5.99. The number of anilines is 1. The van der Waals surface area contributed by atoms with Gasteiger partial charge >= 0.3 is 0 Å². The number of hydrogen-bond donors (Lipinski definition) is 1. The van der Waals surface area contributed by atoms with Crippen LogP contribution in [0.1, 0.15) is 23.8 Å². The number of rotatable bonds is 4. The second-order valence-electron chi connectivity index (χ2n) is 4.18. The Morgan fingerprint density at radius 1 is 1.37 bits per heavy atom. The van der Waals surface area contributed by atoms with E-state index in [1.807, 2.05) is 13.0 Å². The maximum absolute atomic E-state index is 11.8. The van der Waals surface area contributed by atoms with Crippen LogP contribution in [0, 0.1) is 13.8 Å². The van der Waals surface area contributed by atoms with E-state index in [1.165, 1.54) is 0 Å². The number of aryl methyl sites for hydroxylation is 2. The third kappa shape index (κ3) is 3.54. The summed E-state index contributed by atoms with van der Waals surface area (Å²) in [6.45, 7) is 3.57. The minimum Gasteiger partial charge on any atom is -0.426 e. The first-order valence-corrected chi connectivity index (χ1v) is 6.28. The number of amides is 1. The highest BCUT2D eigenvalue weighted by Gasteiger charge is 2.09. The quantitative estimate of drug-likeness (QED) is 0.934. The van der Waals surface area contributed by atoms with Crippen molar-refractivity contribution < 1.29 is 9.21 Å². The molecule has 0 aliphatic heterocycles. The maximum atomic E-state index is 11.8. The molecule has 19 heavy (non-hydrogen) atoms. The summed E-state index contributed by atoms with van der Waals surface area (Å²) in [6.07, 6.45) is 0.708. The van der Waals surface area contributed by atoms with Gasteiger partial charge in [0.25, 0.3) is 0 Å². The number of halogens is 1. The molecule has 6 heteroatoms. The molecule has 1 aromatic heterocycles. The Balaban J connectivity index is 1.92. The SMILES string of the molecule is Cc1nnc(CCC(=O)Nc2cccc(Cl)c2C)o1. The average molecular weight is 280 g/mol. The monoisotopic (exact) mass is 279 g/mol. The van der Waals surface area contributed by atoms with Crippen LogP contribution >= 0.6 is 11.6 Å². The number of carbonyl (C=O) groups is 1. The molecule has 0 atom stereocenters. The fourth-order valence-corrected chi connectivity index (χ4v) is 1.79. The highest BCUT2D eigenvalue weighted by atomic mass is 35.5. The summed E-state index contributed by atoms with van der Waals surface area (Å²) in [5.41, 5.74) is 1.57. The fraction of sp³-hybridized carbons (Fsp3) is 0.308. The van der Waals surface area contributed by atoms with Crippen molar-refractivity contribution in [1.82, 2.24) is 10.2 Å². The first kappa shape index (κ1) is 13.5. The fourth-order valence-electron chi connectivity index (χ4n) is 1.61. The Bertz CT molecular complexity index is 595. The lowest BCUT2D eigenvalue weighted by Gasteiger charge is -2.08. The molecule has 2 rings (SSSR count). The normalized spacial score (nSPS) is 10.5. The third-order valence-corrected chi connectivity index (χ3v) is 3.09. The molecule has 0 aliphatic rings. The molecule has 0 saturated carbocycles. The van der Waals surface area contributed by atoms with Crippen molar-refractivity contribution in [3.63, 3.8) is 0 Å². The van der Waals surface area contributed by atoms with E-state index in [-0.39, 0.29) is 12.3 Å². The zero-order valence-electron chi connectivity index (χ0n) is 10.7. The first-order chi connectivity index (χ1) is 9.06. The van der Waals surface area contributed by atoms with Crippen molar-refractivity contribution in [2.75, 3.05) is 5.32 Å². The lowest BCUT2D eigenvalue weighted by Crippen LogP contribution is -2.13. The molecular formula is C13H14ClN3O2. The Kier molecular flexibility index (Phi) is 4.16. The van der Waals surface area contributed by atoms with Crippen LogP contribution < -0.4 is 5.32 Å². The molecule has 5 nitrogen and oxygen atoms in total. The summed E-state index contributed by atoms with van der Waals surface area (Å²) in [7, 11) is 0. The topological polar surface area (TPSA) is 68.0 Å². The van der Waals surface area contributed by atoms with Gasteiger partial charge in [-0.2, -0.15) is 0 Å². The van der Waals surface area contributed by atoms with Crippen molar-refractivity contribution in [2.24, 2.45) is 0 Å². The van der Waals surface area contributed by atoms with Gasteiger partial charge in [-0.1, -0.05) is 17.7 Å². The summed E-state index contributed by atoms with van der Waals surface area (Å²) < 4.78 is 5.20. The Hall–Kier alpha value is -1.88. The van der Waals surface area contributed by atoms with Crippen molar-refractivity contribution in [3.05, 3.63) is 40.6 Å². The molecule has 0 unspecified atom stereocenters. The summed E-state index contributed by atoms with van der Waals surface area (Å²) in [5, 5.41) is 11.0. The largest absolute Gasteiger partial charge is 0.426 e. The van der Waals surface area contributed by atoms with E-state index in [0.717, 1.165) is 11.3 Å². The Labute approximate surface area is 116 Å². The molecule has 0 radical (unpaired) electrons. The van der Waals surface area contributed by atoms with Crippen molar-refractivity contribution in [1.29, 1.82) is 0 Å². The van der Waals surface area contributed by atoms with Gasteiger partial charge < -0.3 is 9.73 Å². The molecule has 0 fully saturated rings. The van der Waals surface area contributed by atoms with E-state index in [9.17, 15) is 4.79 Å². The molecule has 1 amide bonds. The molecule has 1 aromatic carbocycles. The van der Waals surface area contributed by atoms with E-state index in [0.29, 0.717) is 23.2 Å². The molecule has 0 spiro atoms. The number of nitrogens with one attached hydrogen (secondary N) is 1. The zero-order chi connectivity index (χ0) is 13.8. The highest BCUT2D eigenvalue weighted by Crippen LogP contribution is 2.23. The lowest BCUT2D eigenvalue weighted by molar-refractivity contribution is -0.116. The standard InChI is InChI=1S/C13H14ClN3O2/c1-8-10(14)4-3-5-11(8)15-12(18)6-7-13-17-16-9(2)19-13/h3-5H,6-7H2,1-2H3,(H,15,18). The van der Waals surface area contributed by atoms with E-state index >= 15 is 0 Å². The number of nitrogens with zero attached hydrogens (tertiary/aromatic N) is 2. The average Bonchev–Trinajstić information content (AvgIpc) is 2.78. The Morgan fingerprint density at radius 3 is 2.84 bits per heavy atom. The minimum atomic E-state index is -0.110. The van der Waals surface area contributed by atoms with Gasteiger partial charge in [0, 0.05) is 30.5 Å². The first-order valence-electron chi connectivity index (χ1n) is 5.90. The van der Waals surface area contributed by atoms with E-state index in [1.54, 1.807) is 19.1 Å². The number of carbonyl (C=O) groups excluding carboxylic acids is 1. The van der Waals surface area contributed by atoms with Gasteiger partial charge in [0.2, 0.25) is 17.7 Å². The Morgan fingerprint density at radius 2 is 2.16 bits per heavy atom. The zero-order valence-corrected chi connectivity index (χ0v) is 11.5. The second kappa shape index (κ2) is 5.84. The molecule has 0 bridgehead atoms. The molecule has 1 N–H and O–H groups in total. The van der Waals surface area contributed by atoms with Gasteiger partial charge in [-0.25, -0.2) is 0 Å². The van der Waals surface area contributed by atoms with Gasteiger partial charge in [0.1, 0.15) is 0 Å². The molecule has 0 saturated heterocycles. The predicted octanol–water partition coefficient (Wildman–Crippen LogP) is 2.91. The number of benzene rings is 1. The van der Waals surface area contributed by atoms with E-state index in [2.05, 4.69) is 15.5 Å². The smallest absolute Gasteiger partial charge is 0.224 e. The van der Waals surface area contributed by atoms with Crippen LogP contribution in [0.3, 0.4) is 0 Å². The number of aromatic nitrogens is 2. The maximum Gasteiger partial charge on any atom is 0.224 e. The summed E-state index contributed by atoms with van der Waals surface area (Å²) in [6, 6.07) is 5.40. The van der Waals surface area contributed by atoms with Crippen LogP contribution in [0.2, 0.25) is 5.02 Å². The summed E-state index contributed by atoms with van der Waals surface area (Å²) in [5.74, 6) is 0.859. The molecule has 1 heterocycles. The van der Waals surface area contributed by atoms with Crippen molar-refractivity contribution >= 4 is 23.2 Å². The third-order valence-electron chi connectivity index (χ3n) is 2.68. The molecule has 0 aliphatic carbocycles. The van der Waals surface area contributed by atoms with Gasteiger partial charge in [-0.15, -0.1) is 10.2 Å². The van der Waals surface area contributed by atoms with Gasteiger partial charge in [0.05, 0.1) is 0 Å². The van der Waals surface area contributed by atoms with Crippen molar-refractivity contribution in [2.45, 2.75) is 26.7 Å². The molecular weight excluding hydrogens is 266 g/mol. The van der Waals surface area contributed by atoms with Crippen LogP contribution in [-0.2, 0) is 11.2 Å². The highest BCUT2D eigenvalue weighted by molar-refractivity contribution is 6.31. The van der Waals surface area contributed by atoms with Crippen LogP contribution in [0.4, 0.5) is 5.69 Å².